The van der Waals surface area contributed by atoms with E-state index in [4.69, 9.17) is 0 Å². The lowest BCUT2D eigenvalue weighted by atomic mass is 9.45. The molecule has 0 aromatic heterocycles. The number of aliphatic carboxylic acids is 1. The van der Waals surface area contributed by atoms with E-state index in [-0.39, 0.29) is 5.41 Å². The predicted molar refractivity (Wildman–Crippen MR) is 65.7 cm³/mol. The van der Waals surface area contributed by atoms with Gasteiger partial charge >= 0.3 is 5.97 Å². The minimum absolute atomic E-state index is 0.0643. The van der Waals surface area contributed by atoms with Gasteiger partial charge in [-0.25, -0.2) is 0 Å². The molecular formula is C14H24O3. The van der Waals surface area contributed by atoms with Gasteiger partial charge in [0.25, 0.3) is 0 Å². The highest BCUT2D eigenvalue weighted by molar-refractivity contribution is 5.78. The average Bonchev–Trinajstić information content (AvgIpc) is 2.12. The largest absolute Gasteiger partial charge is 0.481 e. The minimum atomic E-state index is -0.980. The molecule has 2 fully saturated rings. The zero-order valence-corrected chi connectivity index (χ0v) is 11.1. The van der Waals surface area contributed by atoms with Gasteiger partial charge in [-0.05, 0) is 37.0 Å². The molecule has 2 aliphatic carbocycles. The van der Waals surface area contributed by atoms with Crippen LogP contribution < -0.4 is 0 Å². The number of carbonyl (C=O) groups is 1. The van der Waals surface area contributed by atoms with Gasteiger partial charge in [-0.3, -0.25) is 4.79 Å². The fourth-order valence-corrected chi connectivity index (χ4v) is 4.22. The minimum Gasteiger partial charge on any atom is -0.481 e. The summed E-state index contributed by atoms with van der Waals surface area (Å²) in [5.41, 5.74) is -1.80. The third-order valence-corrected chi connectivity index (χ3v) is 4.83. The van der Waals surface area contributed by atoms with E-state index >= 15 is 0 Å². The summed E-state index contributed by atoms with van der Waals surface area (Å²) >= 11 is 0. The summed E-state index contributed by atoms with van der Waals surface area (Å²) in [6.07, 6.45) is 4.58. The molecular weight excluding hydrogens is 216 g/mol. The maximum Gasteiger partial charge on any atom is 0.312 e. The molecule has 2 unspecified atom stereocenters. The highest BCUT2D eigenvalue weighted by Gasteiger charge is 2.65. The second-order valence-electron chi connectivity index (χ2n) is 7.14. The summed E-state index contributed by atoms with van der Waals surface area (Å²) in [6.45, 7) is 6.29. The van der Waals surface area contributed by atoms with Crippen LogP contribution in [0, 0.1) is 16.7 Å². The van der Waals surface area contributed by atoms with Crippen molar-refractivity contribution >= 4 is 5.97 Å². The molecule has 17 heavy (non-hydrogen) atoms. The molecule has 0 aliphatic heterocycles. The molecule has 2 N–H and O–H groups in total. The first-order chi connectivity index (χ1) is 7.71. The maximum atomic E-state index is 11.6. The molecule has 2 rings (SSSR count). The number of hydrogen-bond donors (Lipinski definition) is 2. The van der Waals surface area contributed by atoms with Crippen LogP contribution in [0.4, 0.5) is 0 Å². The molecule has 0 radical (unpaired) electrons. The normalized spacial score (nSPS) is 39.4. The van der Waals surface area contributed by atoms with Gasteiger partial charge in [0.15, 0.2) is 0 Å². The van der Waals surface area contributed by atoms with Crippen molar-refractivity contribution in [3.63, 3.8) is 0 Å². The second kappa shape index (κ2) is 3.71. The molecule has 3 nitrogen and oxygen atoms in total. The van der Waals surface area contributed by atoms with Crippen LogP contribution in [0.5, 0.6) is 0 Å². The molecule has 0 bridgehead atoms. The molecule has 0 amide bonds. The van der Waals surface area contributed by atoms with E-state index < -0.39 is 17.0 Å². The van der Waals surface area contributed by atoms with Gasteiger partial charge in [-0.2, -0.15) is 0 Å². The Labute approximate surface area is 103 Å². The van der Waals surface area contributed by atoms with Crippen molar-refractivity contribution in [2.45, 2.75) is 64.9 Å². The highest BCUT2D eigenvalue weighted by Crippen LogP contribution is 2.62. The first-order valence-corrected chi connectivity index (χ1v) is 6.67. The van der Waals surface area contributed by atoms with E-state index in [0.29, 0.717) is 31.6 Å². The highest BCUT2D eigenvalue weighted by atomic mass is 16.4. The molecule has 0 spiro atoms. The number of carboxylic acids is 1. The Balaban J connectivity index is 2.25. The zero-order chi connectivity index (χ0) is 12.9. The predicted octanol–water partition coefficient (Wildman–Crippen LogP) is 2.82. The molecule has 2 aliphatic rings. The van der Waals surface area contributed by atoms with Crippen molar-refractivity contribution in [1.82, 2.24) is 0 Å². The topological polar surface area (TPSA) is 57.5 Å². The first-order valence-electron chi connectivity index (χ1n) is 6.67. The SMILES string of the molecule is CC1CCCC(O)(C2(C(=O)O)CC(C)(C)C2)C1. The molecule has 2 atom stereocenters. The maximum absolute atomic E-state index is 11.6. The number of carboxylic acid groups (broad SMARTS) is 1. The standard InChI is InChI=1S/C14H24O3/c1-10-5-4-6-14(17,7-10)13(11(15)16)8-12(2,3)9-13/h10,17H,4-9H2,1-3H3,(H,15,16). The lowest BCUT2D eigenvalue weighted by Gasteiger charge is -2.59. The van der Waals surface area contributed by atoms with Crippen LogP contribution in [0.15, 0.2) is 0 Å². The fourth-order valence-electron chi connectivity index (χ4n) is 4.22. The van der Waals surface area contributed by atoms with Crippen LogP contribution in [0.2, 0.25) is 0 Å². The van der Waals surface area contributed by atoms with Crippen LogP contribution >= 0.6 is 0 Å². The van der Waals surface area contributed by atoms with Gasteiger partial charge in [0.05, 0.1) is 11.0 Å². The van der Waals surface area contributed by atoms with Gasteiger partial charge in [0.1, 0.15) is 0 Å². The number of rotatable bonds is 2. The summed E-state index contributed by atoms with van der Waals surface area (Å²) < 4.78 is 0. The Morgan fingerprint density at radius 1 is 1.29 bits per heavy atom. The van der Waals surface area contributed by atoms with Crippen LogP contribution in [0.3, 0.4) is 0 Å². The third kappa shape index (κ3) is 1.88. The molecule has 3 heteroatoms. The Bertz CT molecular complexity index is 326. The smallest absolute Gasteiger partial charge is 0.312 e. The Hall–Kier alpha value is -0.570. The Morgan fingerprint density at radius 3 is 2.29 bits per heavy atom. The third-order valence-electron chi connectivity index (χ3n) is 4.83. The molecule has 0 heterocycles. The quantitative estimate of drug-likeness (QED) is 0.780. The van der Waals surface area contributed by atoms with E-state index in [2.05, 4.69) is 20.8 Å². The zero-order valence-electron chi connectivity index (χ0n) is 11.1. The lowest BCUT2D eigenvalue weighted by molar-refractivity contribution is -0.216. The van der Waals surface area contributed by atoms with Crippen LogP contribution in [-0.4, -0.2) is 21.8 Å². The van der Waals surface area contributed by atoms with Crippen LogP contribution in [0.1, 0.15) is 59.3 Å². The molecule has 0 aromatic carbocycles. The summed E-state index contributed by atoms with van der Waals surface area (Å²) in [5.74, 6) is -0.359. The number of aliphatic hydroxyl groups is 1. The second-order valence-corrected chi connectivity index (χ2v) is 7.14. The van der Waals surface area contributed by atoms with Crippen molar-refractivity contribution < 1.29 is 15.0 Å². The summed E-state index contributed by atoms with van der Waals surface area (Å²) in [6, 6.07) is 0. The Kier molecular flexibility index (Phi) is 2.81. The van der Waals surface area contributed by atoms with Gasteiger partial charge in [-0.1, -0.05) is 33.6 Å². The average molecular weight is 240 g/mol. The molecule has 98 valence electrons. The summed E-state index contributed by atoms with van der Waals surface area (Å²) in [4.78, 5) is 11.6. The summed E-state index contributed by atoms with van der Waals surface area (Å²) in [5, 5.41) is 20.4. The molecule has 0 saturated heterocycles. The number of hydrogen-bond acceptors (Lipinski definition) is 2. The molecule has 2 saturated carbocycles. The van der Waals surface area contributed by atoms with E-state index in [0.717, 1.165) is 12.8 Å². The summed E-state index contributed by atoms with van der Waals surface area (Å²) in [7, 11) is 0. The van der Waals surface area contributed by atoms with Gasteiger partial charge < -0.3 is 10.2 Å². The van der Waals surface area contributed by atoms with Crippen LogP contribution in [-0.2, 0) is 4.79 Å². The fraction of sp³-hybridized carbons (Fsp3) is 0.929. The monoisotopic (exact) mass is 240 g/mol. The lowest BCUT2D eigenvalue weighted by Crippen LogP contribution is -2.63. The van der Waals surface area contributed by atoms with Gasteiger partial charge in [0.2, 0.25) is 0 Å². The van der Waals surface area contributed by atoms with E-state index in [1.807, 2.05) is 0 Å². The van der Waals surface area contributed by atoms with Gasteiger partial charge in [0, 0.05) is 0 Å². The van der Waals surface area contributed by atoms with E-state index in [9.17, 15) is 15.0 Å². The van der Waals surface area contributed by atoms with Crippen molar-refractivity contribution in [2.24, 2.45) is 16.7 Å². The first kappa shape index (κ1) is 12.9. The van der Waals surface area contributed by atoms with Crippen molar-refractivity contribution in [3.05, 3.63) is 0 Å². The molecule has 0 aromatic rings. The van der Waals surface area contributed by atoms with E-state index in [1.54, 1.807) is 0 Å². The van der Waals surface area contributed by atoms with Crippen molar-refractivity contribution in [2.75, 3.05) is 0 Å². The Morgan fingerprint density at radius 2 is 1.88 bits per heavy atom. The van der Waals surface area contributed by atoms with Gasteiger partial charge in [-0.15, -0.1) is 0 Å². The van der Waals surface area contributed by atoms with Crippen molar-refractivity contribution in [1.29, 1.82) is 0 Å². The van der Waals surface area contributed by atoms with Crippen molar-refractivity contribution in [3.8, 4) is 0 Å². The van der Waals surface area contributed by atoms with Crippen LogP contribution in [0.25, 0.3) is 0 Å². The van der Waals surface area contributed by atoms with E-state index in [1.165, 1.54) is 0 Å².